The molecule has 2 nitrogen and oxygen atoms in total. The number of rotatable bonds is 3. The lowest BCUT2D eigenvalue weighted by Gasteiger charge is -2.01. The molecule has 12 heavy (non-hydrogen) atoms. The third-order valence-corrected chi connectivity index (χ3v) is 2.17. The Morgan fingerprint density at radius 3 is 2.92 bits per heavy atom. The topological polar surface area (TPSA) is 49.9 Å². The van der Waals surface area contributed by atoms with E-state index in [0.717, 1.165) is 11.3 Å². The van der Waals surface area contributed by atoms with Crippen LogP contribution in [0.2, 0.25) is 0 Å². The van der Waals surface area contributed by atoms with Gasteiger partial charge in [0.05, 0.1) is 0 Å². The molecule has 3 heteroatoms. The summed E-state index contributed by atoms with van der Waals surface area (Å²) in [5.74, 6) is 1.11. The molecular formula is C9H12N2S. The van der Waals surface area contributed by atoms with Crippen LogP contribution in [0.1, 0.15) is 11.1 Å². The first-order valence-electron chi connectivity index (χ1n) is 3.66. The molecule has 0 saturated carbocycles. The van der Waals surface area contributed by atoms with E-state index in [1.165, 1.54) is 5.56 Å². The van der Waals surface area contributed by atoms with E-state index in [9.17, 15) is 0 Å². The maximum atomic E-state index is 7.24. The van der Waals surface area contributed by atoms with Crippen molar-refractivity contribution in [3.05, 3.63) is 35.4 Å². The van der Waals surface area contributed by atoms with Gasteiger partial charge in [-0.15, -0.1) is 0 Å². The van der Waals surface area contributed by atoms with Gasteiger partial charge in [-0.25, -0.2) is 0 Å². The lowest BCUT2D eigenvalue weighted by molar-refractivity contribution is 1.37. The van der Waals surface area contributed by atoms with Crippen LogP contribution in [0.15, 0.2) is 24.3 Å². The molecule has 0 aromatic heterocycles. The highest BCUT2D eigenvalue weighted by Crippen LogP contribution is 2.10. The first-order valence-corrected chi connectivity index (χ1v) is 5.05. The number of nitrogens with one attached hydrogen (secondary N) is 1. The second-order valence-corrected chi connectivity index (χ2v) is 3.41. The lowest BCUT2D eigenvalue weighted by Crippen LogP contribution is -2.10. The van der Waals surface area contributed by atoms with Gasteiger partial charge < -0.3 is 5.73 Å². The Labute approximate surface area is 76.7 Å². The van der Waals surface area contributed by atoms with E-state index in [-0.39, 0.29) is 5.84 Å². The van der Waals surface area contributed by atoms with E-state index in [1.807, 2.05) is 24.3 Å². The van der Waals surface area contributed by atoms with Gasteiger partial charge >= 0.3 is 0 Å². The Kier molecular flexibility index (Phi) is 3.17. The predicted molar refractivity (Wildman–Crippen MR) is 54.7 cm³/mol. The van der Waals surface area contributed by atoms with Crippen molar-refractivity contribution in [2.45, 2.75) is 5.75 Å². The number of nitrogens with two attached hydrogens (primary N) is 1. The summed E-state index contributed by atoms with van der Waals surface area (Å²) in [7, 11) is 0. The first-order chi connectivity index (χ1) is 5.74. The Morgan fingerprint density at radius 1 is 1.58 bits per heavy atom. The van der Waals surface area contributed by atoms with Crippen LogP contribution in [0.4, 0.5) is 0 Å². The Balaban J connectivity index is 2.88. The quantitative estimate of drug-likeness (QED) is 0.551. The van der Waals surface area contributed by atoms with Gasteiger partial charge in [-0.2, -0.15) is 11.8 Å². The van der Waals surface area contributed by atoms with Crippen molar-refractivity contribution in [1.29, 1.82) is 5.41 Å². The van der Waals surface area contributed by atoms with Crippen LogP contribution in [0, 0.1) is 5.41 Å². The van der Waals surface area contributed by atoms with Gasteiger partial charge in [-0.1, -0.05) is 18.2 Å². The smallest absolute Gasteiger partial charge is 0.122 e. The van der Waals surface area contributed by atoms with Crippen molar-refractivity contribution < 1.29 is 0 Å². The normalized spacial score (nSPS) is 9.75. The van der Waals surface area contributed by atoms with Gasteiger partial charge in [-0.05, 0) is 17.9 Å². The van der Waals surface area contributed by atoms with Crippen molar-refractivity contribution >= 4 is 17.6 Å². The van der Waals surface area contributed by atoms with Crippen molar-refractivity contribution in [3.8, 4) is 0 Å². The van der Waals surface area contributed by atoms with Crippen molar-refractivity contribution in [3.63, 3.8) is 0 Å². The summed E-state index contributed by atoms with van der Waals surface area (Å²) < 4.78 is 0. The SMILES string of the molecule is CSCc1cccc(C(=N)N)c1. The van der Waals surface area contributed by atoms with Crippen LogP contribution in [0.25, 0.3) is 0 Å². The Morgan fingerprint density at radius 2 is 2.33 bits per heavy atom. The van der Waals surface area contributed by atoms with E-state index in [4.69, 9.17) is 11.1 Å². The second kappa shape index (κ2) is 4.16. The number of hydrogen-bond acceptors (Lipinski definition) is 2. The number of nitrogen functional groups attached to an aromatic ring is 1. The molecule has 64 valence electrons. The molecular weight excluding hydrogens is 168 g/mol. The summed E-state index contributed by atoms with van der Waals surface area (Å²) in [6, 6.07) is 7.79. The largest absolute Gasteiger partial charge is 0.384 e. The molecule has 1 aromatic carbocycles. The highest BCUT2D eigenvalue weighted by molar-refractivity contribution is 7.97. The zero-order chi connectivity index (χ0) is 8.97. The summed E-state index contributed by atoms with van der Waals surface area (Å²) >= 11 is 1.76. The highest BCUT2D eigenvalue weighted by atomic mass is 32.2. The van der Waals surface area contributed by atoms with E-state index < -0.39 is 0 Å². The van der Waals surface area contributed by atoms with Crippen molar-refractivity contribution in [2.75, 3.05) is 6.26 Å². The third kappa shape index (κ3) is 2.27. The third-order valence-electron chi connectivity index (χ3n) is 1.55. The monoisotopic (exact) mass is 180 g/mol. The maximum Gasteiger partial charge on any atom is 0.122 e. The number of amidine groups is 1. The molecule has 0 aliphatic carbocycles. The van der Waals surface area contributed by atoms with Gasteiger partial charge in [-0.3, -0.25) is 5.41 Å². The summed E-state index contributed by atoms with van der Waals surface area (Å²) in [6.07, 6.45) is 2.06. The molecule has 0 unspecified atom stereocenters. The Bertz CT molecular complexity index is 284. The summed E-state index contributed by atoms with van der Waals surface area (Å²) in [4.78, 5) is 0. The molecule has 0 aliphatic heterocycles. The second-order valence-electron chi connectivity index (χ2n) is 2.55. The van der Waals surface area contributed by atoms with Crippen LogP contribution in [-0.2, 0) is 5.75 Å². The average Bonchev–Trinajstić information content (AvgIpc) is 2.05. The lowest BCUT2D eigenvalue weighted by atomic mass is 10.1. The molecule has 0 spiro atoms. The summed E-state index contributed by atoms with van der Waals surface area (Å²) in [5.41, 5.74) is 7.38. The number of benzene rings is 1. The van der Waals surface area contributed by atoms with E-state index >= 15 is 0 Å². The average molecular weight is 180 g/mol. The summed E-state index contributed by atoms with van der Waals surface area (Å²) in [5, 5.41) is 7.24. The number of hydrogen-bond donors (Lipinski definition) is 2. The van der Waals surface area contributed by atoms with E-state index in [2.05, 4.69) is 6.26 Å². The zero-order valence-electron chi connectivity index (χ0n) is 7.00. The van der Waals surface area contributed by atoms with Crippen LogP contribution < -0.4 is 5.73 Å². The van der Waals surface area contributed by atoms with Crippen LogP contribution in [-0.4, -0.2) is 12.1 Å². The van der Waals surface area contributed by atoms with E-state index in [0.29, 0.717) is 0 Å². The van der Waals surface area contributed by atoms with Gasteiger partial charge in [0, 0.05) is 11.3 Å². The van der Waals surface area contributed by atoms with Gasteiger partial charge in [0.25, 0.3) is 0 Å². The van der Waals surface area contributed by atoms with E-state index in [1.54, 1.807) is 11.8 Å². The fourth-order valence-corrected chi connectivity index (χ4v) is 1.51. The molecule has 0 fully saturated rings. The first kappa shape index (κ1) is 9.13. The summed E-state index contributed by atoms with van der Waals surface area (Å²) in [6.45, 7) is 0. The maximum absolute atomic E-state index is 7.24. The van der Waals surface area contributed by atoms with Crippen LogP contribution in [0.3, 0.4) is 0 Å². The minimum absolute atomic E-state index is 0.137. The zero-order valence-corrected chi connectivity index (χ0v) is 7.82. The molecule has 0 saturated heterocycles. The molecule has 3 N–H and O–H groups in total. The molecule has 0 heterocycles. The number of thioether (sulfide) groups is 1. The minimum atomic E-state index is 0.137. The van der Waals surface area contributed by atoms with Crippen molar-refractivity contribution in [2.24, 2.45) is 5.73 Å². The van der Waals surface area contributed by atoms with Crippen LogP contribution >= 0.6 is 11.8 Å². The fraction of sp³-hybridized carbons (Fsp3) is 0.222. The molecule has 0 aliphatic rings. The van der Waals surface area contributed by atoms with Gasteiger partial charge in [0.2, 0.25) is 0 Å². The Hall–Kier alpha value is -0.960. The molecule has 0 amide bonds. The molecule has 0 radical (unpaired) electrons. The molecule has 1 aromatic rings. The highest BCUT2D eigenvalue weighted by Gasteiger charge is 1.96. The molecule has 1 rings (SSSR count). The van der Waals surface area contributed by atoms with Crippen LogP contribution in [0.5, 0.6) is 0 Å². The van der Waals surface area contributed by atoms with Gasteiger partial charge in [0.1, 0.15) is 5.84 Å². The molecule has 0 atom stereocenters. The minimum Gasteiger partial charge on any atom is -0.384 e. The van der Waals surface area contributed by atoms with Gasteiger partial charge in [0.15, 0.2) is 0 Å². The fourth-order valence-electron chi connectivity index (χ4n) is 0.995. The molecule has 0 bridgehead atoms. The van der Waals surface area contributed by atoms with Crippen molar-refractivity contribution in [1.82, 2.24) is 0 Å². The standard InChI is InChI=1S/C9H12N2S/c1-12-6-7-3-2-4-8(5-7)9(10)11/h2-5H,6H2,1H3,(H3,10,11). The predicted octanol–water partition coefficient (Wildman–Crippen LogP) is 1.83.